The number of fused-ring (bicyclic) bond motifs is 1. The first-order valence-electron chi connectivity index (χ1n) is 9.59. The summed E-state index contributed by atoms with van der Waals surface area (Å²) >= 11 is 0. The van der Waals surface area contributed by atoms with Gasteiger partial charge < -0.3 is 14.8 Å². The van der Waals surface area contributed by atoms with E-state index in [1.807, 2.05) is 6.07 Å². The summed E-state index contributed by atoms with van der Waals surface area (Å²) in [6.07, 6.45) is -0.0384. The van der Waals surface area contributed by atoms with Gasteiger partial charge in [0, 0.05) is 17.7 Å². The fourth-order valence-electron chi connectivity index (χ4n) is 3.01. The van der Waals surface area contributed by atoms with E-state index < -0.39 is 5.97 Å². The van der Waals surface area contributed by atoms with Crippen molar-refractivity contribution in [1.29, 1.82) is 0 Å². The van der Waals surface area contributed by atoms with Crippen molar-refractivity contribution >= 4 is 34.9 Å². The maximum atomic E-state index is 12.5. The lowest BCUT2D eigenvalue weighted by Gasteiger charge is -2.29. The van der Waals surface area contributed by atoms with Crippen molar-refractivity contribution in [1.82, 2.24) is 0 Å². The monoisotopic (exact) mass is 410 g/mol. The van der Waals surface area contributed by atoms with Crippen LogP contribution >= 0.6 is 0 Å². The van der Waals surface area contributed by atoms with Gasteiger partial charge in [0.05, 0.1) is 18.7 Å². The number of ether oxygens (including phenoxy) is 2. The van der Waals surface area contributed by atoms with E-state index in [1.165, 1.54) is 11.0 Å². The smallest absolute Gasteiger partial charge is 0.306 e. The zero-order valence-corrected chi connectivity index (χ0v) is 16.6. The molecule has 2 aromatic rings. The number of hydrogen-bond acceptors (Lipinski definition) is 6. The number of anilines is 2. The third-order valence-corrected chi connectivity index (χ3v) is 4.44. The Morgan fingerprint density at radius 1 is 1.10 bits per heavy atom. The SMILES string of the molecule is CCOC(=O)CCC(=O)c1ccc2c(c1)N(CC(=O)Nc1ccccc1)C(=O)CO2. The third kappa shape index (κ3) is 5.22. The number of carbonyl (C=O) groups is 4. The van der Waals surface area contributed by atoms with Crippen LogP contribution in [0.1, 0.15) is 30.1 Å². The number of ketones is 1. The van der Waals surface area contributed by atoms with Crippen LogP contribution in [-0.2, 0) is 19.1 Å². The average molecular weight is 410 g/mol. The zero-order chi connectivity index (χ0) is 21.5. The van der Waals surface area contributed by atoms with Gasteiger partial charge in [-0.3, -0.25) is 24.1 Å². The topological polar surface area (TPSA) is 102 Å². The van der Waals surface area contributed by atoms with Gasteiger partial charge in [-0.1, -0.05) is 18.2 Å². The molecule has 0 atom stereocenters. The number of para-hydroxylation sites is 1. The number of benzene rings is 2. The molecule has 0 bridgehead atoms. The van der Waals surface area contributed by atoms with Gasteiger partial charge >= 0.3 is 5.97 Å². The molecular formula is C22H22N2O6. The number of hydrogen-bond donors (Lipinski definition) is 1. The Bertz CT molecular complexity index is 957. The average Bonchev–Trinajstić information content (AvgIpc) is 2.74. The number of carbonyl (C=O) groups excluding carboxylic acids is 4. The van der Waals surface area contributed by atoms with Crippen molar-refractivity contribution in [3.63, 3.8) is 0 Å². The molecule has 1 aliphatic rings. The van der Waals surface area contributed by atoms with Crippen LogP contribution in [-0.4, -0.2) is 43.3 Å². The van der Waals surface area contributed by atoms with Crippen LogP contribution in [0.4, 0.5) is 11.4 Å². The lowest BCUT2D eigenvalue weighted by atomic mass is 10.0. The van der Waals surface area contributed by atoms with E-state index in [0.717, 1.165) is 0 Å². The Hall–Kier alpha value is -3.68. The number of nitrogens with one attached hydrogen (secondary N) is 1. The van der Waals surface area contributed by atoms with Crippen LogP contribution < -0.4 is 15.0 Å². The van der Waals surface area contributed by atoms with E-state index in [2.05, 4.69) is 5.32 Å². The Morgan fingerprint density at radius 3 is 2.60 bits per heavy atom. The number of esters is 1. The molecule has 1 aliphatic heterocycles. The molecule has 0 radical (unpaired) electrons. The predicted octanol–water partition coefficient (Wildman–Crippen LogP) is 2.58. The molecule has 0 spiro atoms. The van der Waals surface area contributed by atoms with Crippen molar-refractivity contribution in [3.05, 3.63) is 54.1 Å². The summed E-state index contributed by atoms with van der Waals surface area (Å²) in [4.78, 5) is 50.1. The Morgan fingerprint density at radius 2 is 1.87 bits per heavy atom. The molecule has 0 saturated carbocycles. The molecule has 3 rings (SSSR count). The standard InChI is InChI=1S/C22H22N2O6/c1-2-29-22(28)11-9-18(25)15-8-10-19-17(12-15)24(21(27)14-30-19)13-20(26)23-16-6-4-3-5-7-16/h3-8,10,12H,2,9,11,13-14H2,1H3,(H,23,26). The molecule has 8 heteroatoms. The summed E-state index contributed by atoms with van der Waals surface area (Å²) in [5.74, 6) is -1.06. The largest absolute Gasteiger partial charge is 0.482 e. The van der Waals surface area contributed by atoms with Gasteiger partial charge in [-0.25, -0.2) is 0 Å². The minimum atomic E-state index is -0.443. The van der Waals surface area contributed by atoms with E-state index in [-0.39, 0.29) is 50.2 Å². The maximum absolute atomic E-state index is 12.5. The fourth-order valence-corrected chi connectivity index (χ4v) is 3.01. The maximum Gasteiger partial charge on any atom is 0.306 e. The quantitative estimate of drug-likeness (QED) is 0.530. The third-order valence-electron chi connectivity index (χ3n) is 4.44. The van der Waals surface area contributed by atoms with Gasteiger partial charge in [0.15, 0.2) is 12.4 Å². The molecule has 2 aromatic carbocycles. The molecule has 30 heavy (non-hydrogen) atoms. The van der Waals surface area contributed by atoms with Crippen LogP contribution in [0.15, 0.2) is 48.5 Å². The van der Waals surface area contributed by atoms with E-state index >= 15 is 0 Å². The summed E-state index contributed by atoms with van der Waals surface area (Å²) in [7, 11) is 0. The number of Topliss-reactive ketones (excluding diaryl/α,β-unsaturated/α-hetero) is 1. The highest BCUT2D eigenvalue weighted by Crippen LogP contribution is 2.33. The van der Waals surface area contributed by atoms with E-state index in [9.17, 15) is 19.2 Å². The van der Waals surface area contributed by atoms with Gasteiger partial charge in [-0.05, 0) is 37.3 Å². The lowest BCUT2D eigenvalue weighted by Crippen LogP contribution is -2.43. The molecule has 1 heterocycles. The van der Waals surface area contributed by atoms with E-state index in [1.54, 1.807) is 43.3 Å². The molecule has 0 fully saturated rings. The summed E-state index contributed by atoms with van der Waals surface area (Å²) in [6.45, 7) is 1.54. The molecule has 8 nitrogen and oxygen atoms in total. The first kappa shape index (κ1) is 21.0. The summed E-state index contributed by atoms with van der Waals surface area (Å²) in [5, 5.41) is 2.73. The van der Waals surface area contributed by atoms with Gasteiger partial charge in [0.25, 0.3) is 5.91 Å². The fraction of sp³-hybridized carbons (Fsp3) is 0.273. The summed E-state index contributed by atoms with van der Waals surface area (Å²) < 4.78 is 10.3. The normalized spacial score (nSPS) is 12.6. The van der Waals surface area contributed by atoms with Gasteiger partial charge in [0.1, 0.15) is 12.3 Å². The predicted molar refractivity (Wildman–Crippen MR) is 110 cm³/mol. The Kier molecular flexibility index (Phi) is 6.79. The van der Waals surface area contributed by atoms with Crippen molar-refractivity contribution in [2.75, 3.05) is 30.0 Å². The molecular weight excluding hydrogens is 388 g/mol. The zero-order valence-electron chi connectivity index (χ0n) is 16.6. The highest BCUT2D eigenvalue weighted by molar-refractivity contribution is 6.06. The van der Waals surface area contributed by atoms with Gasteiger partial charge in [0.2, 0.25) is 5.91 Å². The van der Waals surface area contributed by atoms with Crippen molar-refractivity contribution in [2.45, 2.75) is 19.8 Å². The van der Waals surface area contributed by atoms with Crippen molar-refractivity contribution in [3.8, 4) is 5.75 Å². The Labute approximate surface area is 173 Å². The second-order valence-corrected chi connectivity index (χ2v) is 6.59. The van der Waals surface area contributed by atoms with E-state index in [4.69, 9.17) is 9.47 Å². The second kappa shape index (κ2) is 9.69. The van der Waals surface area contributed by atoms with Crippen LogP contribution in [0.25, 0.3) is 0 Å². The highest BCUT2D eigenvalue weighted by atomic mass is 16.5. The molecule has 0 unspecified atom stereocenters. The van der Waals surface area contributed by atoms with Crippen LogP contribution in [0.5, 0.6) is 5.75 Å². The molecule has 2 amide bonds. The molecule has 156 valence electrons. The summed E-state index contributed by atoms with van der Waals surface area (Å²) in [5.41, 5.74) is 1.28. The van der Waals surface area contributed by atoms with Gasteiger partial charge in [-0.2, -0.15) is 0 Å². The van der Waals surface area contributed by atoms with E-state index in [0.29, 0.717) is 22.7 Å². The number of amides is 2. The lowest BCUT2D eigenvalue weighted by molar-refractivity contribution is -0.143. The number of nitrogens with zero attached hydrogens (tertiary/aromatic N) is 1. The minimum absolute atomic E-state index is 0.0130. The molecule has 0 saturated heterocycles. The number of rotatable bonds is 8. The first-order valence-corrected chi connectivity index (χ1v) is 9.59. The van der Waals surface area contributed by atoms with Crippen LogP contribution in [0.2, 0.25) is 0 Å². The van der Waals surface area contributed by atoms with Crippen LogP contribution in [0, 0.1) is 0 Å². The minimum Gasteiger partial charge on any atom is -0.482 e. The second-order valence-electron chi connectivity index (χ2n) is 6.59. The highest BCUT2D eigenvalue weighted by Gasteiger charge is 2.28. The summed E-state index contributed by atoms with van der Waals surface area (Å²) in [6, 6.07) is 13.6. The first-order chi connectivity index (χ1) is 14.5. The molecule has 0 aliphatic carbocycles. The van der Waals surface area contributed by atoms with Crippen molar-refractivity contribution in [2.24, 2.45) is 0 Å². The van der Waals surface area contributed by atoms with Crippen LogP contribution in [0.3, 0.4) is 0 Å². The van der Waals surface area contributed by atoms with Crippen molar-refractivity contribution < 1.29 is 28.7 Å². The van der Waals surface area contributed by atoms with Gasteiger partial charge in [-0.15, -0.1) is 0 Å². The molecule has 0 aromatic heterocycles. The molecule has 1 N–H and O–H groups in total. The Balaban J connectivity index is 1.73.